The van der Waals surface area contributed by atoms with Gasteiger partial charge in [0.05, 0.1) is 11.5 Å². The van der Waals surface area contributed by atoms with Crippen LogP contribution in [0.1, 0.15) is 13.8 Å². The maximum absolute atomic E-state index is 8.82. The molecule has 0 spiro atoms. The molecule has 0 saturated heterocycles. The smallest absolute Gasteiger partial charge is 0.0690 e. The van der Waals surface area contributed by atoms with Crippen molar-refractivity contribution in [3.63, 3.8) is 0 Å². The number of hydrogen-bond donors (Lipinski definition) is 0. The molecule has 1 unspecified atom stereocenters. The van der Waals surface area contributed by atoms with Crippen molar-refractivity contribution in [3.05, 3.63) is 30.7 Å². The molecular weight excluding hydrogens is 134 g/mol. The van der Waals surface area contributed by atoms with Gasteiger partial charge in [0.25, 0.3) is 0 Å². The fourth-order valence-corrected chi connectivity index (χ4v) is 1.05. The summed E-state index contributed by atoms with van der Waals surface area (Å²) < 4.78 is 0. The highest BCUT2D eigenvalue weighted by molar-refractivity contribution is 5.23. The van der Waals surface area contributed by atoms with Crippen molar-refractivity contribution < 1.29 is 0 Å². The zero-order valence-corrected chi connectivity index (χ0v) is 6.91. The van der Waals surface area contributed by atoms with Gasteiger partial charge in [0.15, 0.2) is 0 Å². The van der Waals surface area contributed by atoms with Crippen molar-refractivity contribution in [2.45, 2.75) is 13.8 Å². The van der Waals surface area contributed by atoms with Crippen LogP contribution in [0.2, 0.25) is 0 Å². The van der Waals surface area contributed by atoms with Crippen LogP contribution in [-0.2, 0) is 0 Å². The van der Waals surface area contributed by atoms with Gasteiger partial charge >= 0.3 is 0 Å². The molecule has 57 valence electrons. The molecule has 0 aliphatic heterocycles. The zero-order chi connectivity index (χ0) is 8.32. The van der Waals surface area contributed by atoms with Gasteiger partial charge in [0.1, 0.15) is 0 Å². The van der Waals surface area contributed by atoms with E-state index in [2.05, 4.69) is 18.6 Å². The molecule has 1 radical (unpaired) electrons. The SMILES string of the molecule is CC(C)(C#N)C1[CH]C=CC=C1. The fraction of sp³-hybridized carbons (Fsp3) is 0.400. The summed E-state index contributed by atoms with van der Waals surface area (Å²) in [5, 5.41) is 8.82. The molecule has 1 nitrogen and oxygen atoms in total. The number of allylic oxidation sites excluding steroid dienone is 4. The zero-order valence-electron chi connectivity index (χ0n) is 6.91. The summed E-state index contributed by atoms with van der Waals surface area (Å²) in [4.78, 5) is 0. The molecule has 1 rings (SSSR count). The molecule has 0 aromatic carbocycles. The maximum atomic E-state index is 8.82. The van der Waals surface area contributed by atoms with E-state index in [1.54, 1.807) is 0 Å². The van der Waals surface area contributed by atoms with E-state index in [9.17, 15) is 0 Å². The molecule has 11 heavy (non-hydrogen) atoms. The van der Waals surface area contributed by atoms with Crippen molar-refractivity contribution in [1.29, 1.82) is 5.26 Å². The van der Waals surface area contributed by atoms with Crippen molar-refractivity contribution >= 4 is 0 Å². The van der Waals surface area contributed by atoms with Gasteiger partial charge < -0.3 is 0 Å². The first-order chi connectivity index (χ1) is 5.17. The molecule has 0 saturated carbocycles. The first-order valence-electron chi connectivity index (χ1n) is 3.76. The van der Waals surface area contributed by atoms with Crippen LogP contribution < -0.4 is 0 Å². The van der Waals surface area contributed by atoms with Crippen LogP contribution in [0.25, 0.3) is 0 Å². The highest BCUT2D eigenvalue weighted by atomic mass is 14.4. The maximum Gasteiger partial charge on any atom is 0.0690 e. The lowest BCUT2D eigenvalue weighted by Gasteiger charge is -2.24. The summed E-state index contributed by atoms with van der Waals surface area (Å²) in [6.07, 6.45) is 10.1. The van der Waals surface area contributed by atoms with Crippen LogP contribution >= 0.6 is 0 Å². The molecule has 0 amide bonds. The van der Waals surface area contributed by atoms with Gasteiger partial charge in [-0.1, -0.05) is 24.3 Å². The van der Waals surface area contributed by atoms with Crippen molar-refractivity contribution in [1.82, 2.24) is 0 Å². The molecule has 0 bridgehead atoms. The first kappa shape index (κ1) is 8.07. The van der Waals surface area contributed by atoms with Gasteiger partial charge in [-0.2, -0.15) is 5.26 Å². The van der Waals surface area contributed by atoms with Gasteiger partial charge in [-0.05, 0) is 20.3 Å². The molecule has 1 aliphatic carbocycles. The molecule has 1 aliphatic rings. The molecule has 0 aromatic heterocycles. The van der Waals surface area contributed by atoms with Gasteiger partial charge in [0.2, 0.25) is 0 Å². The summed E-state index contributed by atoms with van der Waals surface area (Å²) in [6, 6.07) is 2.29. The van der Waals surface area contributed by atoms with Gasteiger partial charge in [-0.15, -0.1) is 0 Å². The normalized spacial score (nSPS) is 23.2. The van der Waals surface area contributed by atoms with Crippen LogP contribution in [0.3, 0.4) is 0 Å². The Balaban J connectivity index is 2.71. The fourth-order valence-electron chi connectivity index (χ4n) is 1.05. The number of hydrogen-bond acceptors (Lipinski definition) is 1. The van der Waals surface area contributed by atoms with E-state index in [0.29, 0.717) is 0 Å². The Morgan fingerprint density at radius 3 is 2.45 bits per heavy atom. The predicted molar refractivity (Wildman–Crippen MR) is 45.5 cm³/mol. The Bertz CT molecular complexity index is 228. The summed E-state index contributed by atoms with van der Waals surface area (Å²) in [7, 11) is 0. The topological polar surface area (TPSA) is 23.8 Å². The highest BCUT2D eigenvalue weighted by Gasteiger charge is 2.26. The van der Waals surface area contributed by atoms with E-state index in [1.165, 1.54) is 0 Å². The highest BCUT2D eigenvalue weighted by Crippen LogP contribution is 2.30. The van der Waals surface area contributed by atoms with E-state index in [0.717, 1.165) is 0 Å². The Labute approximate surface area is 68.0 Å². The van der Waals surface area contributed by atoms with E-state index in [-0.39, 0.29) is 11.3 Å². The van der Waals surface area contributed by atoms with Gasteiger partial charge in [-0.3, -0.25) is 0 Å². The van der Waals surface area contributed by atoms with Gasteiger partial charge in [-0.25, -0.2) is 0 Å². The Hall–Kier alpha value is -1.03. The monoisotopic (exact) mass is 146 g/mol. The molecular formula is C10H12N. The first-order valence-corrected chi connectivity index (χ1v) is 3.76. The van der Waals surface area contributed by atoms with Gasteiger partial charge in [0, 0.05) is 5.92 Å². The second kappa shape index (κ2) is 2.92. The summed E-state index contributed by atoms with van der Waals surface area (Å²) >= 11 is 0. The van der Waals surface area contributed by atoms with E-state index in [1.807, 2.05) is 32.1 Å². The van der Waals surface area contributed by atoms with Crippen LogP contribution in [0.4, 0.5) is 0 Å². The van der Waals surface area contributed by atoms with Crippen molar-refractivity contribution in [3.8, 4) is 6.07 Å². The summed E-state index contributed by atoms with van der Waals surface area (Å²) in [6.45, 7) is 3.91. The minimum Gasteiger partial charge on any atom is -0.198 e. The minimum atomic E-state index is -0.277. The molecule has 0 aromatic rings. The van der Waals surface area contributed by atoms with E-state index in [4.69, 9.17) is 5.26 Å². The third kappa shape index (κ3) is 1.71. The standard InChI is InChI=1S/C10H12N/c1-10(2,8-11)9-6-4-3-5-7-9/h3-7,9H,1-2H3. The van der Waals surface area contributed by atoms with E-state index >= 15 is 0 Å². The molecule has 0 heterocycles. The molecule has 1 heteroatoms. The number of nitrogens with zero attached hydrogens (tertiary/aromatic N) is 1. The quantitative estimate of drug-likeness (QED) is 0.557. The Kier molecular flexibility index (Phi) is 2.14. The van der Waals surface area contributed by atoms with E-state index < -0.39 is 0 Å². The Morgan fingerprint density at radius 2 is 2.00 bits per heavy atom. The summed E-state index contributed by atoms with van der Waals surface area (Å²) in [5.41, 5.74) is -0.277. The average Bonchev–Trinajstić information content (AvgIpc) is 2.06. The molecule has 1 atom stereocenters. The third-order valence-electron chi connectivity index (χ3n) is 1.98. The molecule has 0 N–H and O–H groups in total. The van der Waals surface area contributed by atoms with Crippen LogP contribution in [-0.4, -0.2) is 0 Å². The van der Waals surface area contributed by atoms with Crippen LogP contribution in [0.15, 0.2) is 24.3 Å². The minimum absolute atomic E-state index is 0.262. The third-order valence-corrected chi connectivity index (χ3v) is 1.98. The second-order valence-electron chi connectivity index (χ2n) is 3.32. The lowest BCUT2D eigenvalue weighted by atomic mass is 9.77. The van der Waals surface area contributed by atoms with Crippen molar-refractivity contribution in [2.75, 3.05) is 0 Å². The number of rotatable bonds is 1. The van der Waals surface area contributed by atoms with Crippen LogP contribution in [0.5, 0.6) is 0 Å². The number of nitriles is 1. The van der Waals surface area contributed by atoms with Crippen molar-refractivity contribution in [2.24, 2.45) is 11.3 Å². The lowest BCUT2D eigenvalue weighted by Crippen LogP contribution is -2.21. The second-order valence-corrected chi connectivity index (χ2v) is 3.32. The largest absolute Gasteiger partial charge is 0.198 e. The summed E-state index contributed by atoms with van der Waals surface area (Å²) in [5.74, 6) is 0.262. The molecule has 0 fully saturated rings. The van der Waals surface area contributed by atoms with Crippen LogP contribution in [0, 0.1) is 29.1 Å². The Morgan fingerprint density at radius 1 is 1.27 bits per heavy atom. The average molecular weight is 146 g/mol. The lowest BCUT2D eigenvalue weighted by molar-refractivity contribution is 0.400. The predicted octanol–water partition coefficient (Wildman–Crippen LogP) is 2.48.